The van der Waals surface area contributed by atoms with Crippen LogP contribution in [0.4, 0.5) is 0 Å². The molecule has 0 unspecified atom stereocenters. The summed E-state index contributed by atoms with van der Waals surface area (Å²) in [6, 6.07) is 5.06. The number of nitrogen functional groups attached to an aromatic ring is 1. The molecule has 0 spiro atoms. The maximum absolute atomic E-state index is 7.37. The summed E-state index contributed by atoms with van der Waals surface area (Å²) in [7, 11) is 0. The summed E-state index contributed by atoms with van der Waals surface area (Å²) in [6.45, 7) is 6.76. The lowest BCUT2D eigenvalue weighted by Crippen LogP contribution is -2.12. The number of nitrogens with zero attached hydrogens (tertiary/aromatic N) is 1. The van der Waals surface area contributed by atoms with Crippen LogP contribution >= 0.6 is 22.9 Å². The predicted molar refractivity (Wildman–Crippen MR) is 87.6 cm³/mol. The van der Waals surface area contributed by atoms with E-state index in [-0.39, 0.29) is 11.3 Å². The van der Waals surface area contributed by atoms with E-state index in [1.54, 1.807) is 29.5 Å². The molecule has 112 valence electrons. The number of nitrogens with two attached hydrogens (primary N) is 1. The zero-order chi connectivity index (χ0) is 15.6. The van der Waals surface area contributed by atoms with Gasteiger partial charge in [-0.2, -0.15) is 0 Å². The number of rotatable bonds is 4. The van der Waals surface area contributed by atoms with Crippen molar-refractivity contribution < 1.29 is 4.74 Å². The van der Waals surface area contributed by atoms with Gasteiger partial charge in [0.15, 0.2) is 0 Å². The molecule has 1 aromatic carbocycles. The number of amidine groups is 1. The highest BCUT2D eigenvalue weighted by atomic mass is 35.5. The van der Waals surface area contributed by atoms with Crippen LogP contribution in [0.25, 0.3) is 0 Å². The third kappa shape index (κ3) is 3.95. The molecule has 0 saturated carbocycles. The van der Waals surface area contributed by atoms with Crippen molar-refractivity contribution in [1.29, 1.82) is 5.41 Å². The summed E-state index contributed by atoms with van der Waals surface area (Å²) in [6.07, 6.45) is 0. The van der Waals surface area contributed by atoms with E-state index < -0.39 is 0 Å². The molecule has 6 heteroatoms. The molecule has 0 amide bonds. The van der Waals surface area contributed by atoms with Crippen LogP contribution in [0.2, 0.25) is 5.02 Å². The molecule has 2 rings (SSSR count). The fourth-order valence-electron chi connectivity index (χ4n) is 1.65. The van der Waals surface area contributed by atoms with Gasteiger partial charge in [0.05, 0.1) is 10.7 Å². The van der Waals surface area contributed by atoms with Crippen LogP contribution in [0.3, 0.4) is 0 Å². The Hall–Kier alpha value is -1.59. The van der Waals surface area contributed by atoms with Gasteiger partial charge in [0.1, 0.15) is 23.2 Å². The molecule has 0 aliphatic carbocycles. The van der Waals surface area contributed by atoms with Gasteiger partial charge < -0.3 is 10.5 Å². The van der Waals surface area contributed by atoms with E-state index in [9.17, 15) is 0 Å². The van der Waals surface area contributed by atoms with Crippen molar-refractivity contribution in [3.8, 4) is 5.75 Å². The second kappa shape index (κ2) is 6.03. The maximum atomic E-state index is 7.37. The number of nitrogens with one attached hydrogen (secondary N) is 1. The van der Waals surface area contributed by atoms with Crippen molar-refractivity contribution in [2.45, 2.75) is 32.8 Å². The van der Waals surface area contributed by atoms with Crippen LogP contribution in [0.1, 0.15) is 37.0 Å². The first kappa shape index (κ1) is 15.8. The predicted octanol–water partition coefficient (Wildman–Crippen LogP) is 3.96. The Kier molecular flexibility index (Phi) is 4.54. The maximum Gasteiger partial charge on any atom is 0.140 e. The standard InChI is InChI=1S/C15H18ClN3OS/c1-15(2,3)12-8-21-13(19-12)7-20-11-5-4-9(14(17)18)6-10(11)16/h4-6,8H,7H2,1-3H3,(H3,17,18). The number of aromatic nitrogens is 1. The van der Waals surface area contributed by atoms with Crippen molar-refractivity contribution in [2.75, 3.05) is 0 Å². The lowest BCUT2D eigenvalue weighted by molar-refractivity contribution is 0.305. The number of hydrogen-bond donors (Lipinski definition) is 2. The summed E-state index contributed by atoms with van der Waals surface area (Å²) in [5, 5.41) is 10.8. The van der Waals surface area contributed by atoms with E-state index in [4.69, 9.17) is 27.5 Å². The third-order valence-electron chi connectivity index (χ3n) is 2.91. The molecule has 0 aliphatic rings. The van der Waals surface area contributed by atoms with E-state index >= 15 is 0 Å². The monoisotopic (exact) mass is 323 g/mol. The fourth-order valence-corrected chi connectivity index (χ4v) is 2.81. The second-order valence-corrected chi connectivity index (χ2v) is 7.07. The Bertz CT molecular complexity index is 661. The normalized spacial score (nSPS) is 11.4. The molecule has 1 aromatic heterocycles. The SMILES string of the molecule is CC(C)(C)c1csc(COc2ccc(C(=N)N)cc2Cl)n1. The highest BCUT2D eigenvalue weighted by Gasteiger charge is 2.17. The molecule has 0 radical (unpaired) electrons. The summed E-state index contributed by atoms with van der Waals surface area (Å²) < 4.78 is 5.69. The molecule has 0 aliphatic heterocycles. The molecule has 0 fully saturated rings. The number of thiazole rings is 1. The van der Waals surface area contributed by atoms with Gasteiger partial charge in [0.25, 0.3) is 0 Å². The van der Waals surface area contributed by atoms with Crippen LogP contribution in [0, 0.1) is 5.41 Å². The van der Waals surface area contributed by atoms with Gasteiger partial charge in [-0.3, -0.25) is 5.41 Å². The average Bonchev–Trinajstić information content (AvgIpc) is 2.85. The zero-order valence-corrected chi connectivity index (χ0v) is 13.8. The molecular weight excluding hydrogens is 306 g/mol. The van der Waals surface area contributed by atoms with Crippen LogP contribution in [-0.4, -0.2) is 10.8 Å². The minimum atomic E-state index is -0.0156. The Morgan fingerprint density at radius 3 is 2.67 bits per heavy atom. The Morgan fingerprint density at radius 1 is 1.43 bits per heavy atom. The number of halogens is 1. The molecule has 1 heterocycles. The van der Waals surface area contributed by atoms with Gasteiger partial charge in [-0.05, 0) is 18.2 Å². The summed E-state index contributed by atoms with van der Waals surface area (Å²) in [5.41, 5.74) is 7.09. The zero-order valence-electron chi connectivity index (χ0n) is 12.2. The molecule has 3 N–H and O–H groups in total. The molecule has 0 bridgehead atoms. The summed E-state index contributed by atoms with van der Waals surface area (Å²) in [4.78, 5) is 4.57. The van der Waals surface area contributed by atoms with E-state index in [1.165, 1.54) is 0 Å². The van der Waals surface area contributed by atoms with Crippen LogP contribution in [-0.2, 0) is 12.0 Å². The van der Waals surface area contributed by atoms with E-state index in [0.29, 0.717) is 22.9 Å². The Balaban J connectivity index is 2.06. The Labute approximate surface area is 133 Å². The van der Waals surface area contributed by atoms with Gasteiger partial charge in [0, 0.05) is 16.4 Å². The minimum Gasteiger partial charge on any atom is -0.485 e. The number of benzene rings is 1. The summed E-state index contributed by atoms with van der Waals surface area (Å²) in [5.74, 6) is 0.548. The van der Waals surface area contributed by atoms with Gasteiger partial charge >= 0.3 is 0 Å². The van der Waals surface area contributed by atoms with Crippen LogP contribution < -0.4 is 10.5 Å². The third-order valence-corrected chi connectivity index (χ3v) is 4.03. The lowest BCUT2D eigenvalue weighted by Gasteiger charge is -2.14. The molecule has 21 heavy (non-hydrogen) atoms. The second-order valence-electron chi connectivity index (χ2n) is 5.72. The van der Waals surface area contributed by atoms with E-state index in [2.05, 4.69) is 31.1 Å². The van der Waals surface area contributed by atoms with Gasteiger partial charge in [-0.15, -0.1) is 11.3 Å². The molecule has 4 nitrogen and oxygen atoms in total. The van der Waals surface area contributed by atoms with Gasteiger partial charge in [-0.1, -0.05) is 32.4 Å². The number of hydrogen-bond acceptors (Lipinski definition) is 4. The van der Waals surface area contributed by atoms with Crippen LogP contribution in [0.5, 0.6) is 5.75 Å². The highest BCUT2D eigenvalue weighted by molar-refractivity contribution is 7.09. The lowest BCUT2D eigenvalue weighted by atomic mass is 9.93. The van der Waals surface area contributed by atoms with Crippen molar-refractivity contribution in [1.82, 2.24) is 4.98 Å². The Morgan fingerprint density at radius 2 is 2.14 bits per heavy atom. The first-order valence-corrected chi connectivity index (χ1v) is 7.75. The molecule has 2 aromatic rings. The minimum absolute atomic E-state index is 0.0156. The van der Waals surface area contributed by atoms with Gasteiger partial charge in [0.2, 0.25) is 0 Å². The molecule has 0 atom stereocenters. The quantitative estimate of drug-likeness (QED) is 0.661. The topological polar surface area (TPSA) is 72.0 Å². The van der Waals surface area contributed by atoms with Crippen molar-refractivity contribution in [2.24, 2.45) is 5.73 Å². The first-order chi connectivity index (χ1) is 9.77. The van der Waals surface area contributed by atoms with Crippen molar-refractivity contribution in [3.63, 3.8) is 0 Å². The van der Waals surface area contributed by atoms with E-state index in [1.807, 2.05) is 0 Å². The molecular formula is C15H18ClN3OS. The van der Waals surface area contributed by atoms with Crippen molar-refractivity contribution in [3.05, 3.63) is 44.9 Å². The average molecular weight is 324 g/mol. The summed E-state index contributed by atoms with van der Waals surface area (Å²) >= 11 is 7.70. The van der Waals surface area contributed by atoms with Gasteiger partial charge in [-0.25, -0.2) is 4.98 Å². The highest BCUT2D eigenvalue weighted by Crippen LogP contribution is 2.28. The largest absolute Gasteiger partial charge is 0.485 e. The van der Waals surface area contributed by atoms with Crippen LogP contribution in [0.15, 0.2) is 23.6 Å². The smallest absolute Gasteiger partial charge is 0.140 e. The molecule has 0 saturated heterocycles. The number of ether oxygens (including phenoxy) is 1. The first-order valence-electron chi connectivity index (χ1n) is 6.49. The fraction of sp³-hybridized carbons (Fsp3) is 0.333. The van der Waals surface area contributed by atoms with E-state index in [0.717, 1.165) is 10.7 Å². The van der Waals surface area contributed by atoms with Crippen molar-refractivity contribution >= 4 is 28.8 Å².